The summed E-state index contributed by atoms with van der Waals surface area (Å²) in [5, 5.41) is 6.92. The first-order valence-corrected chi connectivity index (χ1v) is 8.95. The maximum absolute atomic E-state index is 5.49. The van der Waals surface area contributed by atoms with Crippen molar-refractivity contribution < 1.29 is 9.47 Å². The van der Waals surface area contributed by atoms with Crippen molar-refractivity contribution in [1.82, 2.24) is 15.5 Å². The molecule has 6 nitrogen and oxygen atoms in total. The number of rotatable bonds is 6. The van der Waals surface area contributed by atoms with Gasteiger partial charge in [0.15, 0.2) is 5.96 Å². The first kappa shape index (κ1) is 22.8. The molecule has 2 rings (SSSR count). The maximum atomic E-state index is 5.49. The Balaban J connectivity index is 0.00000338. The van der Waals surface area contributed by atoms with Crippen molar-refractivity contribution in [2.75, 3.05) is 47.9 Å². The van der Waals surface area contributed by atoms with Crippen molar-refractivity contribution in [2.45, 2.75) is 25.8 Å². The van der Waals surface area contributed by atoms with Gasteiger partial charge in [0.1, 0.15) is 11.5 Å². The second-order valence-electron chi connectivity index (χ2n) is 6.70. The summed E-state index contributed by atoms with van der Waals surface area (Å²) in [6.45, 7) is 5.38. The minimum atomic E-state index is 0. The number of nitrogens with one attached hydrogen (secondary N) is 2. The molecule has 1 saturated heterocycles. The molecule has 7 heteroatoms. The van der Waals surface area contributed by atoms with E-state index in [1.54, 1.807) is 21.3 Å². The van der Waals surface area contributed by atoms with Crippen LogP contribution in [-0.2, 0) is 0 Å². The summed E-state index contributed by atoms with van der Waals surface area (Å²) in [6.07, 6.45) is 2.54. The molecule has 26 heavy (non-hydrogen) atoms. The molecule has 0 saturated carbocycles. The molecule has 1 aromatic rings. The predicted octanol–water partition coefficient (Wildman–Crippen LogP) is 2.89. The third-order valence-electron chi connectivity index (χ3n) is 4.76. The number of ether oxygens (including phenoxy) is 2. The van der Waals surface area contributed by atoms with Gasteiger partial charge in [0.2, 0.25) is 0 Å². The number of likely N-dealkylation sites (tertiary alicyclic amines) is 1. The fraction of sp³-hybridized carbons (Fsp3) is 0.632. The van der Waals surface area contributed by atoms with E-state index >= 15 is 0 Å². The standard InChI is InChI=1S/C19H32N4O2.HI/c1-14(17-11-16(24-4)8-9-18(17)25-5)22-19(20-2)21-12-15-7-6-10-23(3)13-15;/h8-9,11,14-15H,6-7,10,12-13H2,1-5H3,(H2,20,21,22);1H. The Morgan fingerprint density at radius 3 is 2.73 bits per heavy atom. The van der Waals surface area contributed by atoms with E-state index < -0.39 is 0 Å². The van der Waals surface area contributed by atoms with Gasteiger partial charge >= 0.3 is 0 Å². The fourth-order valence-corrected chi connectivity index (χ4v) is 3.34. The summed E-state index contributed by atoms with van der Waals surface area (Å²) < 4.78 is 10.8. The minimum absolute atomic E-state index is 0. The molecule has 1 fully saturated rings. The summed E-state index contributed by atoms with van der Waals surface area (Å²) >= 11 is 0. The maximum Gasteiger partial charge on any atom is 0.191 e. The largest absolute Gasteiger partial charge is 0.497 e. The minimum Gasteiger partial charge on any atom is -0.497 e. The highest BCUT2D eigenvalue weighted by atomic mass is 127. The monoisotopic (exact) mass is 476 g/mol. The number of hydrogen-bond acceptors (Lipinski definition) is 4. The van der Waals surface area contributed by atoms with Gasteiger partial charge in [0.05, 0.1) is 20.3 Å². The van der Waals surface area contributed by atoms with Crippen LogP contribution in [0.4, 0.5) is 0 Å². The van der Waals surface area contributed by atoms with E-state index in [0.29, 0.717) is 5.92 Å². The number of methoxy groups -OCH3 is 2. The number of halogens is 1. The molecule has 0 amide bonds. The lowest BCUT2D eigenvalue weighted by Gasteiger charge is -2.30. The lowest BCUT2D eigenvalue weighted by molar-refractivity contribution is 0.210. The summed E-state index contributed by atoms with van der Waals surface area (Å²) in [5.74, 6) is 3.13. The number of nitrogens with zero attached hydrogens (tertiary/aromatic N) is 2. The molecule has 0 aromatic heterocycles. The van der Waals surface area contributed by atoms with Crippen LogP contribution in [0.2, 0.25) is 0 Å². The van der Waals surface area contributed by atoms with Gasteiger partial charge in [-0.25, -0.2) is 0 Å². The van der Waals surface area contributed by atoms with Gasteiger partial charge in [0.25, 0.3) is 0 Å². The Labute approximate surface area is 174 Å². The van der Waals surface area contributed by atoms with Crippen molar-refractivity contribution in [3.8, 4) is 11.5 Å². The molecular weight excluding hydrogens is 443 g/mol. The van der Waals surface area contributed by atoms with E-state index in [4.69, 9.17) is 9.47 Å². The van der Waals surface area contributed by atoms with Crippen molar-refractivity contribution in [3.63, 3.8) is 0 Å². The SMILES string of the molecule is CN=C(NCC1CCCN(C)C1)NC(C)c1cc(OC)ccc1OC.I. The molecule has 2 atom stereocenters. The molecular formula is C19H33IN4O2. The van der Waals surface area contributed by atoms with Crippen LogP contribution in [0.25, 0.3) is 0 Å². The highest BCUT2D eigenvalue weighted by Crippen LogP contribution is 2.29. The quantitative estimate of drug-likeness (QED) is 0.376. The molecule has 1 heterocycles. The topological polar surface area (TPSA) is 58.1 Å². The molecule has 0 radical (unpaired) electrons. The zero-order valence-electron chi connectivity index (χ0n) is 16.5. The Bertz CT molecular complexity index is 583. The molecule has 1 aromatic carbocycles. The van der Waals surface area contributed by atoms with Crippen molar-refractivity contribution in [3.05, 3.63) is 23.8 Å². The van der Waals surface area contributed by atoms with E-state index in [1.165, 1.54) is 19.4 Å². The van der Waals surface area contributed by atoms with E-state index in [-0.39, 0.29) is 30.0 Å². The second kappa shape index (κ2) is 11.5. The number of aliphatic imine (C=N–C) groups is 1. The first-order chi connectivity index (χ1) is 12.1. The molecule has 1 aliphatic rings. The summed E-state index contributed by atoms with van der Waals surface area (Å²) in [5.41, 5.74) is 1.04. The zero-order valence-corrected chi connectivity index (χ0v) is 18.9. The molecule has 2 unspecified atom stereocenters. The van der Waals surface area contributed by atoms with Crippen LogP contribution in [0, 0.1) is 5.92 Å². The third kappa shape index (κ3) is 6.50. The molecule has 1 aliphatic heterocycles. The van der Waals surface area contributed by atoms with Gasteiger partial charge in [-0.2, -0.15) is 0 Å². The molecule has 0 bridgehead atoms. The third-order valence-corrected chi connectivity index (χ3v) is 4.76. The van der Waals surface area contributed by atoms with Crippen LogP contribution in [0.5, 0.6) is 11.5 Å². The van der Waals surface area contributed by atoms with Crippen LogP contribution in [0.3, 0.4) is 0 Å². The fourth-order valence-electron chi connectivity index (χ4n) is 3.34. The van der Waals surface area contributed by atoms with Crippen molar-refractivity contribution in [1.29, 1.82) is 0 Å². The van der Waals surface area contributed by atoms with Crippen LogP contribution in [0.1, 0.15) is 31.4 Å². The van der Waals surface area contributed by atoms with Crippen LogP contribution in [-0.4, -0.2) is 58.8 Å². The Morgan fingerprint density at radius 1 is 1.35 bits per heavy atom. The van der Waals surface area contributed by atoms with Crippen molar-refractivity contribution >= 4 is 29.9 Å². The normalized spacial score (nSPS) is 19.3. The van der Waals surface area contributed by atoms with E-state index in [1.807, 2.05) is 18.2 Å². The van der Waals surface area contributed by atoms with Crippen LogP contribution in [0.15, 0.2) is 23.2 Å². The van der Waals surface area contributed by atoms with Gasteiger partial charge in [-0.05, 0) is 57.5 Å². The lowest BCUT2D eigenvalue weighted by atomic mass is 9.98. The van der Waals surface area contributed by atoms with Gasteiger partial charge < -0.3 is 25.0 Å². The van der Waals surface area contributed by atoms with Gasteiger partial charge in [0, 0.05) is 25.7 Å². The van der Waals surface area contributed by atoms with Crippen molar-refractivity contribution in [2.24, 2.45) is 10.9 Å². The van der Waals surface area contributed by atoms with Gasteiger partial charge in [-0.15, -0.1) is 24.0 Å². The lowest BCUT2D eigenvalue weighted by Crippen LogP contribution is -2.44. The zero-order chi connectivity index (χ0) is 18.2. The smallest absolute Gasteiger partial charge is 0.191 e. The average molecular weight is 476 g/mol. The average Bonchev–Trinajstić information content (AvgIpc) is 2.64. The Kier molecular flexibility index (Phi) is 10.1. The number of piperidine rings is 1. The summed E-state index contributed by atoms with van der Waals surface area (Å²) in [4.78, 5) is 6.76. The molecule has 148 valence electrons. The predicted molar refractivity (Wildman–Crippen MR) is 118 cm³/mol. The Morgan fingerprint density at radius 2 is 2.12 bits per heavy atom. The van der Waals surface area contributed by atoms with Crippen LogP contribution < -0.4 is 20.1 Å². The number of hydrogen-bond donors (Lipinski definition) is 2. The molecule has 0 aliphatic carbocycles. The summed E-state index contributed by atoms with van der Waals surface area (Å²) in [6, 6.07) is 5.88. The highest BCUT2D eigenvalue weighted by molar-refractivity contribution is 14.0. The second-order valence-corrected chi connectivity index (χ2v) is 6.70. The number of benzene rings is 1. The van der Waals surface area contributed by atoms with E-state index in [2.05, 4.69) is 34.5 Å². The summed E-state index contributed by atoms with van der Waals surface area (Å²) in [7, 11) is 7.35. The molecule has 0 spiro atoms. The first-order valence-electron chi connectivity index (χ1n) is 8.95. The molecule has 2 N–H and O–H groups in total. The van der Waals surface area contributed by atoms with Gasteiger partial charge in [-0.3, -0.25) is 4.99 Å². The Hall–Kier alpha value is -1.22. The van der Waals surface area contributed by atoms with E-state index in [9.17, 15) is 0 Å². The van der Waals surface area contributed by atoms with E-state index in [0.717, 1.165) is 36.1 Å². The number of guanidine groups is 1. The van der Waals surface area contributed by atoms with Crippen LogP contribution >= 0.6 is 24.0 Å². The highest BCUT2D eigenvalue weighted by Gasteiger charge is 2.18. The van der Waals surface area contributed by atoms with Gasteiger partial charge in [-0.1, -0.05) is 0 Å².